The van der Waals surface area contributed by atoms with Crippen molar-refractivity contribution in [3.8, 4) is 0 Å². The molecule has 0 aliphatic heterocycles. The number of fused-ring (bicyclic) bond motifs is 1. The van der Waals surface area contributed by atoms with Gasteiger partial charge in [0.1, 0.15) is 6.54 Å². The Balaban J connectivity index is 1.50. The van der Waals surface area contributed by atoms with E-state index in [-0.39, 0.29) is 12.1 Å². The first kappa shape index (κ1) is 22.1. The first-order valence-corrected chi connectivity index (χ1v) is 9.64. The standard InChI is InChI=1S/C20H22F3N7O/c1-2-24-19(27-13-17-29-28-16-5-3-4-12-30(16)17)26-11-10-25-18(31)14-6-8-15(9-7-14)20(21,22)23/h3-9,12H,2,10-11,13H2,1H3,(H,25,31)(H2,24,26,27). The Morgan fingerprint density at radius 3 is 2.48 bits per heavy atom. The van der Waals surface area contributed by atoms with Crippen LogP contribution in [0.3, 0.4) is 0 Å². The number of pyridine rings is 1. The summed E-state index contributed by atoms with van der Waals surface area (Å²) in [6, 6.07) is 9.69. The molecule has 0 aliphatic rings. The van der Waals surface area contributed by atoms with Crippen LogP contribution in [0.15, 0.2) is 53.7 Å². The minimum absolute atomic E-state index is 0.159. The van der Waals surface area contributed by atoms with Crippen molar-refractivity contribution in [2.24, 2.45) is 4.99 Å². The molecule has 0 aliphatic carbocycles. The highest BCUT2D eigenvalue weighted by Gasteiger charge is 2.30. The van der Waals surface area contributed by atoms with Crippen molar-refractivity contribution in [1.29, 1.82) is 0 Å². The second-order valence-electron chi connectivity index (χ2n) is 6.50. The monoisotopic (exact) mass is 433 g/mol. The second-order valence-corrected chi connectivity index (χ2v) is 6.50. The van der Waals surface area contributed by atoms with Gasteiger partial charge in [-0.2, -0.15) is 13.2 Å². The minimum atomic E-state index is -4.43. The molecule has 3 aromatic rings. The Labute approximate surface area is 176 Å². The molecule has 3 rings (SSSR count). The van der Waals surface area contributed by atoms with E-state index in [1.165, 1.54) is 0 Å². The predicted molar refractivity (Wildman–Crippen MR) is 110 cm³/mol. The predicted octanol–water partition coefficient (Wildman–Crippen LogP) is 2.23. The molecule has 2 aromatic heterocycles. The maximum absolute atomic E-state index is 12.6. The van der Waals surface area contributed by atoms with Crippen molar-refractivity contribution in [3.05, 3.63) is 65.6 Å². The molecule has 0 atom stereocenters. The summed E-state index contributed by atoms with van der Waals surface area (Å²) >= 11 is 0. The first-order chi connectivity index (χ1) is 14.9. The number of rotatable bonds is 7. The molecule has 31 heavy (non-hydrogen) atoms. The molecule has 0 saturated heterocycles. The van der Waals surface area contributed by atoms with Crippen LogP contribution in [0.25, 0.3) is 5.65 Å². The molecule has 3 N–H and O–H groups in total. The van der Waals surface area contributed by atoms with Crippen molar-refractivity contribution < 1.29 is 18.0 Å². The first-order valence-electron chi connectivity index (χ1n) is 9.64. The van der Waals surface area contributed by atoms with Crippen molar-refractivity contribution in [2.75, 3.05) is 19.6 Å². The fourth-order valence-corrected chi connectivity index (χ4v) is 2.76. The largest absolute Gasteiger partial charge is 0.416 e. The zero-order valence-electron chi connectivity index (χ0n) is 16.8. The number of nitrogens with one attached hydrogen (secondary N) is 3. The molecule has 164 valence electrons. The van der Waals surface area contributed by atoms with Crippen LogP contribution in [0.5, 0.6) is 0 Å². The van der Waals surface area contributed by atoms with E-state index in [0.29, 0.717) is 31.4 Å². The molecule has 8 nitrogen and oxygen atoms in total. The lowest BCUT2D eigenvalue weighted by Gasteiger charge is -2.12. The number of aliphatic imine (C=N–C) groups is 1. The molecule has 2 heterocycles. The lowest BCUT2D eigenvalue weighted by molar-refractivity contribution is -0.137. The number of amides is 1. The molecule has 1 amide bonds. The van der Waals surface area contributed by atoms with Gasteiger partial charge in [-0.1, -0.05) is 6.07 Å². The fourth-order valence-electron chi connectivity index (χ4n) is 2.76. The summed E-state index contributed by atoms with van der Waals surface area (Å²) in [5.41, 5.74) is 0.0987. The van der Waals surface area contributed by atoms with Gasteiger partial charge in [0.15, 0.2) is 17.4 Å². The summed E-state index contributed by atoms with van der Waals surface area (Å²) in [6.07, 6.45) is -2.57. The molecule has 1 aromatic carbocycles. The Hall–Kier alpha value is -3.63. The fraction of sp³-hybridized carbons (Fsp3) is 0.300. The van der Waals surface area contributed by atoms with E-state index in [4.69, 9.17) is 0 Å². The number of halogens is 3. The van der Waals surface area contributed by atoms with Gasteiger partial charge in [-0.05, 0) is 43.3 Å². The molecular formula is C20H22F3N7O. The Kier molecular flexibility index (Phi) is 7.06. The van der Waals surface area contributed by atoms with Crippen molar-refractivity contribution in [2.45, 2.75) is 19.6 Å². The summed E-state index contributed by atoms with van der Waals surface area (Å²) in [5, 5.41) is 17.0. The number of hydrogen-bond donors (Lipinski definition) is 3. The van der Waals surface area contributed by atoms with E-state index in [9.17, 15) is 18.0 Å². The number of hydrogen-bond acceptors (Lipinski definition) is 4. The third-order valence-electron chi connectivity index (χ3n) is 4.28. The molecule has 0 fully saturated rings. The molecule has 0 unspecified atom stereocenters. The summed E-state index contributed by atoms with van der Waals surface area (Å²) in [7, 11) is 0. The molecular weight excluding hydrogens is 411 g/mol. The number of carbonyl (C=O) groups is 1. The zero-order chi connectivity index (χ0) is 22.3. The Bertz CT molecular complexity index is 1040. The van der Waals surface area contributed by atoms with Crippen LogP contribution in [0.4, 0.5) is 13.2 Å². The van der Waals surface area contributed by atoms with Gasteiger partial charge in [0.2, 0.25) is 0 Å². The van der Waals surface area contributed by atoms with Gasteiger partial charge in [0.05, 0.1) is 5.56 Å². The highest BCUT2D eigenvalue weighted by Crippen LogP contribution is 2.29. The van der Waals surface area contributed by atoms with Gasteiger partial charge in [0.25, 0.3) is 5.91 Å². The van der Waals surface area contributed by atoms with E-state index >= 15 is 0 Å². The smallest absolute Gasteiger partial charge is 0.357 e. The SMILES string of the molecule is CCNC(=NCc1nnc2ccccn12)NCCNC(=O)c1ccc(C(F)(F)F)cc1. The van der Waals surface area contributed by atoms with Gasteiger partial charge >= 0.3 is 6.18 Å². The molecule has 0 spiro atoms. The maximum atomic E-state index is 12.6. The van der Waals surface area contributed by atoms with Crippen LogP contribution in [-0.2, 0) is 12.7 Å². The minimum Gasteiger partial charge on any atom is -0.357 e. The Morgan fingerprint density at radius 2 is 1.77 bits per heavy atom. The number of benzene rings is 1. The van der Waals surface area contributed by atoms with Gasteiger partial charge in [-0.3, -0.25) is 9.20 Å². The zero-order valence-corrected chi connectivity index (χ0v) is 16.8. The average molecular weight is 433 g/mol. The van der Waals surface area contributed by atoms with Crippen molar-refractivity contribution in [3.63, 3.8) is 0 Å². The van der Waals surface area contributed by atoms with E-state index in [2.05, 4.69) is 31.1 Å². The quantitative estimate of drug-likeness (QED) is 0.302. The normalized spacial score (nSPS) is 12.1. The van der Waals surface area contributed by atoms with Crippen LogP contribution in [0, 0.1) is 0 Å². The van der Waals surface area contributed by atoms with E-state index in [1.54, 1.807) is 0 Å². The van der Waals surface area contributed by atoms with Gasteiger partial charge in [-0.25, -0.2) is 4.99 Å². The number of aromatic nitrogens is 3. The number of guanidine groups is 1. The summed E-state index contributed by atoms with van der Waals surface area (Å²) in [6.45, 7) is 3.51. The third kappa shape index (κ3) is 5.93. The van der Waals surface area contributed by atoms with Gasteiger partial charge < -0.3 is 16.0 Å². The highest BCUT2D eigenvalue weighted by atomic mass is 19.4. The average Bonchev–Trinajstić information content (AvgIpc) is 3.17. The van der Waals surface area contributed by atoms with Crippen LogP contribution in [-0.4, -0.2) is 46.1 Å². The maximum Gasteiger partial charge on any atom is 0.416 e. The summed E-state index contributed by atoms with van der Waals surface area (Å²) in [5.74, 6) is 0.773. The van der Waals surface area contributed by atoms with E-state index < -0.39 is 17.6 Å². The molecule has 0 saturated carbocycles. The second kappa shape index (κ2) is 9.92. The van der Waals surface area contributed by atoms with Crippen molar-refractivity contribution in [1.82, 2.24) is 30.5 Å². The topological polar surface area (TPSA) is 95.7 Å². The summed E-state index contributed by atoms with van der Waals surface area (Å²) < 4.78 is 39.7. The van der Waals surface area contributed by atoms with Crippen LogP contribution < -0.4 is 16.0 Å². The van der Waals surface area contributed by atoms with Crippen LogP contribution in [0.2, 0.25) is 0 Å². The number of carbonyl (C=O) groups excluding carboxylic acids is 1. The highest BCUT2D eigenvalue weighted by molar-refractivity contribution is 5.94. The lowest BCUT2D eigenvalue weighted by Crippen LogP contribution is -2.41. The number of nitrogens with zero attached hydrogens (tertiary/aromatic N) is 4. The van der Waals surface area contributed by atoms with Crippen LogP contribution in [0.1, 0.15) is 28.7 Å². The van der Waals surface area contributed by atoms with E-state index in [1.807, 2.05) is 35.7 Å². The third-order valence-corrected chi connectivity index (χ3v) is 4.28. The van der Waals surface area contributed by atoms with E-state index in [0.717, 1.165) is 29.9 Å². The number of alkyl halides is 3. The van der Waals surface area contributed by atoms with Crippen LogP contribution >= 0.6 is 0 Å². The lowest BCUT2D eigenvalue weighted by atomic mass is 10.1. The molecule has 0 radical (unpaired) electrons. The summed E-state index contributed by atoms with van der Waals surface area (Å²) in [4.78, 5) is 16.6. The van der Waals surface area contributed by atoms with Crippen molar-refractivity contribution >= 4 is 17.5 Å². The Morgan fingerprint density at radius 1 is 1.03 bits per heavy atom. The van der Waals surface area contributed by atoms with Gasteiger partial charge in [0, 0.05) is 31.4 Å². The molecule has 11 heteroatoms. The molecule has 0 bridgehead atoms. The van der Waals surface area contributed by atoms with Gasteiger partial charge in [-0.15, -0.1) is 10.2 Å².